The Labute approximate surface area is 124 Å². The van der Waals surface area contributed by atoms with Gasteiger partial charge in [-0.3, -0.25) is 4.79 Å². The van der Waals surface area contributed by atoms with E-state index in [4.69, 9.17) is 9.47 Å². The van der Waals surface area contributed by atoms with E-state index in [0.717, 1.165) is 6.42 Å². The van der Waals surface area contributed by atoms with Gasteiger partial charge in [-0.25, -0.2) is 0 Å². The quantitative estimate of drug-likeness (QED) is 0.786. The summed E-state index contributed by atoms with van der Waals surface area (Å²) in [5, 5.41) is 0. The van der Waals surface area contributed by atoms with E-state index in [-0.39, 0.29) is 5.78 Å². The fraction of sp³-hybridized carbons (Fsp3) is 0.278. The first-order chi connectivity index (χ1) is 10.2. The number of ketones is 1. The van der Waals surface area contributed by atoms with Crippen LogP contribution in [-0.2, 0) is 6.42 Å². The van der Waals surface area contributed by atoms with Crippen molar-refractivity contribution in [2.45, 2.75) is 18.8 Å². The van der Waals surface area contributed by atoms with E-state index in [1.54, 1.807) is 32.4 Å². The molecule has 0 radical (unpaired) electrons. The molecule has 0 fully saturated rings. The zero-order chi connectivity index (χ0) is 14.8. The number of methoxy groups -OCH3 is 2. The number of fused-ring (bicyclic) bond motifs is 1. The van der Waals surface area contributed by atoms with E-state index < -0.39 is 0 Å². The zero-order valence-corrected chi connectivity index (χ0v) is 12.3. The van der Waals surface area contributed by atoms with Gasteiger partial charge in [0.15, 0.2) is 17.3 Å². The van der Waals surface area contributed by atoms with Crippen molar-refractivity contribution in [1.82, 2.24) is 0 Å². The predicted molar refractivity (Wildman–Crippen MR) is 81.4 cm³/mol. The fourth-order valence-electron chi connectivity index (χ4n) is 2.90. The first kappa shape index (κ1) is 13.7. The van der Waals surface area contributed by atoms with Crippen LogP contribution in [0.15, 0.2) is 42.5 Å². The molecule has 1 aliphatic carbocycles. The van der Waals surface area contributed by atoms with Crippen molar-refractivity contribution < 1.29 is 14.3 Å². The van der Waals surface area contributed by atoms with E-state index >= 15 is 0 Å². The van der Waals surface area contributed by atoms with Crippen molar-refractivity contribution in [2.75, 3.05) is 14.2 Å². The second-order valence-electron chi connectivity index (χ2n) is 5.30. The summed E-state index contributed by atoms with van der Waals surface area (Å²) in [5.74, 6) is 1.73. The smallest absolute Gasteiger partial charge is 0.163 e. The average Bonchev–Trinajstić information content (AvgIpc) is 2.51. The zero-order valence-electron chi connectivity index (χ0n) is 12.3. The molecule has 108 valence electrons. The third-order valence-electron chi connectivity index (χ3n) is 4.10. The molecule has 0 amide bonds. The molecule has 0 saturated carbocycles. The van der Waals surface area contributed by atoms with Crippen molar-refractivity contribution in [3.05, 3.63) is 59.2 Å². The fourth-order valence-corrected chi connectivity index (χ4v) is 2.90. The highest BCUT2D eigenvalue weighted by atomic mass is 16.5. The maximum atomic E-state index is 12.4. The van der Waals surface area contributed by atoms with Gasteiger partial charge >= 0.3 is 0 Å². The Balaban J connectivity index is 1.75. The van der Waals surface area contributed by atoms with Gasteiger partial charge in [-0.2, -0.15) is 0 Å². The van der Waals surface area contributed by atoms with Crippen LogP contribution in [0.3, 0.4) is 0 Å². The van der Waals surface area contributed by atoms with Crippen molar-refractivity contribution in [3.8, 4) is 11.5 Å². The summed E-state index contributed by atoms with van der Waals surface area (Å²) in [6, 6.07) is 13.7. The molecule has 21 heavy (non-hydrogen) atoms. The first-order valence-corrected chi connectivity index (χ1v) is 7.06. The van der Waals surface area contributed by atoms with Crippen LogP contribution in [0.4, 0.5) is 0 Å². The Hall–Kier alpha value is -2.29. The first-order valence-electron chi connectivity index (χ1n) is 7.06. The molecule has 0 saturated heterocycles. The van der Waals surface area contributed by atoms with Crippen LogP contribution in [0.25, 0.3) is 0 Å². The minimum Gasteiger partial charge on any atom is -0.493 e. The highest BCUT2D eigenvalue weighted by Crippen LogP contribution is 2.38. The van der Waals surface area contributed by atoms with Crippen LogP contribution < -0.4 is 9.47 Å². The van der Waals surface area contributed by atoms with Gasteiger partial charge in [0.1, 0.15) is 0 Å². The molecule has 2 aromatic carbocycles. The van der Waals surface area contributed by atoms with E-state index in [1.807, 2.05) is 12.1 Å². The molecule has 1 atom stereocenters. The summed E-state index contributed by atoms with van der Waals surface area (Å²) in [5.41, 5.74) is 3.35. The molecule has 3 rings (SSSR count). The van der Waals surface area contributed by atoms with Crippen LogP contribution in [0.2, 0.25) is 0 Å². The minimum atomic E-state index is 0.149. The third kappa shape index (κ3) is 2.51. The third-order valence-corrected chi connectivity index (χ3v) is 4.10. The van der Waals surface area contributed by atoms with Crippen LogP contribution in [0.5, 0.6) is 11.5 Å². The number of rotatable bonds is 5. The average molecular weight is 282 g/mol. The van der Waals surface area contributed by atoms with Crippen LogP contribution in [0, 0.1) is 0 Å². The normalized spacial score (nSPS) is 15.8. The maximum Gasteiger partial charge on any atom is 0.163 e. The lowest BCUT2D eigenvalue weighted by Gasteiger charge is -2.29. The van der Waals surface area contributed by atoms with Gasteiger partial charge in [-0.05, 0) is 41.7 Å². The van der Waals surface area contributed by atoms with Gasteiger partial charge in [-0.15, -0.1) is 0 Å². The number of benzene rings is 2. The molecular weight excluding hydrogens is 264 g/mol. The molecule has 2 aromatic rings. The molecule has 1 unspecified atom stereocenters. The van der Waals surface area contributed by atoms with Gasteiger partial charge in [0.2, 0.25) is 0 Å². The Kier molecular flexibility index (Phi) is 3.65. The van der Waals surface area contributed by atoms with Crippen molar-refractivity contribution in [2.24, 2.45) is 0 Å². The van der Waals surface area contributed by atoms with Gasteiger partial charge in [0, 0.05) is 12.0 Å². The number of carbonyl (C=O) groups is 1. The Morgan fingerprint density at radius 2 is 1.86 bits per heavy atom. The molecule has 0 heterocycles. The Morgan fingerprint density at radius 3 is 2.57 bits per heavy atom. The summed E-state index contributed by atoms with van der Waals surface area (Å²) in [7, 11) is 3.17. The number of ether oxygens (including phenoxy) is 2. The summed E-state index contributed by atoms with van der Waals surface area (Å²) in [6.07, 6.45) is 1.54. The van der Waals surface area contributed by atoms with Gasteiger partial charge in [0.25, 0.3) is 0 Å². The number of hydrogen-bond acceptors (Lipinski definition) is 3. The van der Waals surface area contributed by atoms with E-state index in [9.17, 15) is 4.79 Å². The summed E-state index contributed by atoms with van der Waals surface area (Å²) in [4.78, 5) is 12.4. The molecule has 1 aliphatic rings. The summed E-state index contributed by atoms with van der Waals surface area (Å²) < 4.78 is 10.4. The largest absolute Gasteiger partial charge is 0.493 e. The summed E-state index contributed by atoms with van der Waals surface area (Å²) >= 11 is 0. The standard InChI is InChI=1S/C18H18O3/c1-20-17-8-7-13(11-18(17)21-2)16(19)10-14-9-12-5-3-4-6-15(12)14/h3-8,11,14H,9-10H2,1-2H3. The lowest BCUT2D eigenvalue weighted by molar-refractivity contribution is 0.0970. The van der Waals surface area contributed by atoms with Gasteiger partial charge in [-0.1, -0.05) is 24.3 Å². The van der Waals surface area contributed by atoms with E-state index in [2.05, 4.69) is 12.1 Å². The lowest BCUT2D eigenvalue weighted by Crippen LogP contribution is -2.20. The molecule has 0 spiro atoms. The molecule has 0 aliphatic heterocycles. The Bertz CT molecular complexity index is 676. The predicted octanol–water partition coefficient (Wildman–Crippen LogP) is 3.62. The minimum absolute atomic E-state index is 0.149. The van der Waals surface area contributed by atoms with Gasteiger partial charge < -0.3 is 9.47 Å². The number of hydrogen-bond donors (Lipinski definition) is 0. The lowest BCUT2D eigenvalue weighted by atomic mass is 9.74. The van der Waals surface area contributed by atoms with Crippen molar-refractivity contribution >= 4 is 5.78 Å². The number of carbonyl (C=O) groups excluding carboxylic acids is 1. The van der Waals surface area contributed by atoms with E-state index in [0.29, 0.717) is 29.4 Å². The SMILES string of the molecule is COc1ccc(C(=O)CC2Cc3ccccc32)cc1OC. The van der Waals surface area contributed by atoms with E-state index in [1.165, 1.54) is 11.1 Å². The molecule has 3 heteroatoms. The number of Topliss-reactive ketones (excluding diaryl/α,β-unsaturated/α-hetero) is 1. The molecule has 0 bridgehead atoms. The Morgan fingerprint density at radius 1 is 1.10 bits per heavy atom. The van der Waals surface area contributed by atoms with Crippen LogP contribution in [0.1, 0.15) is 33.8 Å². The molecule has 0 N–H and O–H groups in total. The van der Waals surface area contributed by atoms with Gasteiger partial charge in [0.05, 0.1) is 14.2 Å². The second kappa shape index (κ2) is 5.60. The molecule has 0 aromatic heterocycles. The van der Waals surface area contributed by atoms with Crippen molar-refractivity contribution in [1.29, 1.82) is 0 Å². The van der Waals surface area contributed by atoms with Crippen molar-refractivity contribution in [3.63, 3.8) is 0 Å². The highest BCUT2D eigenvalue weighted by molar-refractivity contribution is 5.97. The molecular formula is C18H18O3. The highest BCUT2D eigenvalue weighted by Gasteiger charge is 2.27. The van der Waals surface area contributed by atoms with Crippen LogP contribution in [-0.4, -0.2) is 20.0 Å². The molecule has 3 nitrogen and oxygen atoms in total. The second-order valence-corrected chi connectivity index (χ2v) is 5.30. The maximum absolute atomic E-state index is 12.4. The van der Waals surface area contributed by atoms with Crippen LogP contribution >= 0.6 is 0 Å². The monoisotopic (exact) mass is 282 g/mol. The summed E-state index contributed by atoms with van der Waals surface area (Å²) in [6.45, 7) is 0. The topological polar surface area (TPSA) is 35.5 Å².